The van der Waals surface area contributed by atoms with Gasteiger partial charge in [0.15, 0.2) is 0 Å². The quantitative estimate of drug-likeness (QED) is 0.646. The number of benzene rings is 2. The minimum Gasteiger partial charge on any atom is -0.491 e. The number of hydrogen-bond donors (Lipinski definition) is 1. The molecule has 4 rings (SSSR count). The van der Waals surface area contributed by atoms with E-state index in [0.717, 1.165) is 33.3 Å². The molecule has 3 nitrogen and oxygen atoms in total. The summed E-state index contributed by atoms with van der Waals surface area (Å²) in [6.07, 6.45) is 2.48. The van der Waals surface area contributed by atoms with Crippen molar-refractivity contribution in [1.29, 1.82) is 0 Å². The third-order valence-corrected chi connectivity index (χ3v) is 6.28. The summed E-state index contributed by atoms with van der Waals surface area (Å²) in [6.45, 7) is 3.40. The van der Waals surface area contributed by atoms with Gasteiger partial charge in [-0.2, -0.15) is 0 Å². The first-order valence-electron chi connectivity index (χ1n) is 9.20. The predicted octanol–water partition coefficient (Wildman–Crippen LogP) is 5.27. The Kier molecular flexibility index (Phi) is 5.99. The Morgan fingerprint density at radius 3 is 2.54 bits per heavy atom. The smallest absolute Gasteiger partial charge is 0.123 e. The fourth-order valence-electron chi connectivity index (χ4n) is 4.17. The average Bonchev–Trinajstić information content (AvgIpc) is 2.66. The molecule has 0 amide bonds. The van der Waals surface area contributed by atoms with Crippen LogP contribution in [0.1, 0.15) is 29.9 Å². The van der Waals surface area contributed by atoms with E-state index in [1.165, 1.54) is 18.4 Å². The standard InChI is InChI=1S/C21H23Br2NO2/c22-16-9-14(10-17(23)11-16)12-25-20-13-26-19-4-2-1-3-18(19)21(20)15-5-7-24-8-6-15/h1-4,9-11,15,20-21,24H,5-8,12-13H2/t20-,21-/m0/s1. The zero-order chi connectivity index (χ0) is 17.9. The second-order valence-corrected chi connectivity index (χ2v) is 8.92. The average molecular weight is 481 g/mol. The summed E-state index contributed by atoms with van der Waals surface area (Å²) in [6, 6.07) is 14.7. The maximum absolute atomic E-state index is 6.41. The lowest BCUT2D eigenvalue weighted by atomic mass is 9.76. The molecule has 2 heterocycles. The third kappa shape index (κ3) is 4.16. The molecule has 0 saturated carbocycles. The summed E-state index contributed by atoms with van der Waals surface area (Å²) < 4.78 is 14.6. The van der Waals surface area contributed by atoms with Crippen molar-refractivity contribution in [2.45, 2.75) is 31.5 Å². The van der Waals surface area contributed by atoms with Gasteiger partial charge in [0.2, 0.25) is 0 Å². The number of halogens is 2. The highest BCUT2D eigenvalue weighted by atomic mass is 79.9. The van der Waals surface area contributed by atoms with Gasteiger partial charge in [-0.25, -0.2) is 0 Å². The van der Waals surface area contributed by atoms with E-state index in [4.69, 9.17) is 9.47 Å². The van der Waals surface area contributed by atoms with Crippen LogP contribution in [0.5, 0.6) is 5.75 Å². The number of rotatable bonds is 4. The Labute approximate surface area is 171 Å². The number of piperidine rings is 1. The van der Waals surface area contributed by atoms with E-state index < -0.39 is 0 Å². The van der Waals surface area contributed by atoms with E-state index in [1.54, 1.807) is 0 Å². The fraction of sp³-hybridized carbons (Fsp3) is 0.429. The second kappa shape index (κ2) is 8.42. The van der Waals surface area contributed by atoms with Gasteiger partial charge in [-0.15, -0.1) is 0 Å². The van der Waals surface area contributed by atoms with Crippen LogP contribution in [0.4, 0.5) is 0 Å². The first-order valence-corrected chi connectivity index (χ1v) is 10.8. The van der Waals surface area contributed by atoms with Crippen LogP contribution in [0.2, 0.25) is 0 Å². The van der Waals surface area contributed by atoms with Gasteiger partial charge in [0.25, 0.3) is 0 Å². The summed E-state index contributed by atoms with van der Waals surface area (Å²) >= 11 is 7.12. The molecule has 1 saturated heterocycles. The maximum Gasteiger partial charge on any atom is 0.123 e. The van der Waals surface area contributed by atoms with Crippen LogP contribution in [-0.4, -0.2) is 25.8 Å². The first kappa shape index (κ1) is 18.5. The lowest BCUT2D eigenvalue weighted by molar-refractivity contribution is -0.0334. The minimum atomic E-state index is 0.0887. The number of nitrogens with one attached hydrogen (secondary N) is 1. The Hall–Kier alpha value is -0.880. The Balaban J connectivity index is 1.55. The molecule has 0 aromatic heterocycles. The molecular formula is C21H23Br2NO2. The highest BCUT2D eigenvalue weighted by Gasteiger charge is 2.37. The summed E-state index contributed by atoms with van der Waals surface area (Å²) in [5.74, 6) is 2.07. The van der Waals surface area contributed by atoms with Crippen molar-refractivity contribution < 1.29 is 9.47 Å². The van der Waals surface area contributed by atoms with Crippen molar-refractivity contribution >= 4 is 31.9 Å². The second-order valence-electron chi connectivity index (χ2n) is 7.09. The zero-order valence-corrected chi connectivity index (χ0v) is 17.8. The molecule has 2 atom stereocenters. The van der Waals surface area contributed by atoms with E-state index in [9.17, 15) is 0 Å². The van der Waals surface area contributed by atoms with Crippen LogP contribution in [0.25, 0.3) is 0 Å². The number of fused-ring (bicyclic) bond motifs is 1. The van der Waals surface area contributed by atoms with Crippen LogP contribution >= 0.6 is 31.9 Å². The molecule has 0 spiro atoms. The van der Waals surface area contributed by atoms with Crippen LogP contribution in [0.15, 0.2) is 51.4 Å². The van der Waals surface area contributed by atoms with E-state index in [0.29, 0.717) is 25.0 Å². The van der Waals surface area contributed by atoms with Gasteiger partial charge in [-0.3, -0.25) is 0 Å². The molecule has 26 heavy (non-hydrogen) atoms. The molecule has 2 aromatic rings. The SMILES string of the molecule is Brc1cc(Br)cc(CO[C@H]2COc3ccccc3[C@@H]2C2CCNCC2)c1. The molecule has 0 unspecified atom stereocenters. The van der Waals surface area contributed by atoms with Gasteiger partial charge in [-0.1, -0.05) is 50.1 Å². The Morgan fingerprint density at radius 2 is 1.77 bits per heavy atom. The molecule has 0 aliphatic carbocycles. The van der Waals surface area contributed by atoms with Gasteiger partial charge >= 0.3 is 0 Å². The largest absolute Gasteiger partial charge is 0.491 e. The molecule has 2 aromatic carbocycles. The predicted molar refractivity (Wildman–Crippen MR) is 111 cm³/mol. The van der Waals surface area contributed by atoms with Crippen molar-refractivity contribution in [2.75, 3.05) is 19.7 Å². The van der Waals surface area contributed by atoms with E-state index in [1.807, 2.05) is 6.07 Å². The van der Waals surface area contributed by atoms with Crippen molar-refractivity contribution in [3.8, 4) is 5.75 Å². The number of hydrogen-bond acceptors (Lipinski definition) is 3. The maximum atomic E-state index is 6.41. The van der Waals surface area contributed by atoms with Gasteiger partial charge in [-0.05, 0) is 61.7 Å². The number of ether oxygens (including phenoxy) is 2. The molecule has 138 valence electrons. The highest BCUT2D eigenvalue weighted by Crippen LogP contribution is 2.42. The lowest BCUT2D eigenvalue weighted by Gasteiger charge is -2.40. The Bertz CT molecular complexity index is 741. The lowest BCUT2D eigenvalue weighted by Crippen LogP contribution is -2.41. The molecule has 2 aliphatic rings. The summed E-state index contributed by atoms with van der Waals surface area (Å²) in [7, 11) is 0. The van der Waals surface area contributed by atoms with Gasteiger partial charge < -0.3 is 14.8 Å². The van der Waals surface area contributed by atoms with Gasteiger partial charge in [0.05, 0.1) is 12.7 Å². The Morgan fingerprint density at radius 1 is 1.04 bits per heavy atom. The molecule has 0 radical (unpaired) electrons. The zero-order valence-electron chi connectivity index (χ0n) is 14.6. The third-order valence-electron chi connectivity index (χ3n) is 5.36. The van der Waals surface area contributed by atoms with Crippen LogP contribution < -0.4 is 10.1 Å². The monoisotopic (exact) mass is 479 g/mol. The van der Waals surface area contributed by atoms with Crippen molar-refractivity contribution in [2.24, 2.45) is 5.92 Å². The minimum absolute atomic E-state index is 0.0887. The molecule has 1 N–H and O–H groups in total. The molecule has 5 heteroatoms. The van der Waals surface area contributed by atoms with E-state index in [-0.39, 0.29) is 6.10 Å². The van der Waals surface area contributed by atoms with Crippen LogP contribution in [-0.2, 0) is 11.3 Å². The van der Waals surface area contributed by atoms with Crippen molar-refractivity contribution in [1.82, 2.24) is 5.32 Å². The van der Waals surface area contributed by atoms with Crippen molar-refractivity contribution in [3.63, 3.8) is 0 Å². The van der Waals surface area contributed by atoms with Crippen molar-refractivity contribution in [3.05, 3.63) is 62.5 Å². The first-order chi connectivity index (χ1) is 12.7. The van der Waals surface area contributed by atoms with Gasteiger partial charge in [0.1, 0.15) is 12.4 Å². The topological polar surface area (TPSA) is 30.5 Å². The molecule has 2 aliphatic heterocycles. The summed E-state index contributed by atoms with van der Waals surface area (Å²) in [5.41, 5.74) is 2.47. The van der Waals surface area contributed by atoms with Crippen LogP contribution in [0.3, 0.4) is 0 Å². The molecular weight excluding hydrogens is 458 g/mol. The molecule has 0 bridgehead atoms. The van der Waals surface area contributed by atoms with Gasteiger partial charge in [0, 0.05) is 20.4 Å². The summed E-state index contributed by atoms with van der Waals surface area (Å²) in [5, 5.41) is 3.48. The normalized spacial score (nSPS) is 23.3. The summed E-state index contributed by atoms with van der Waals surface area (Å²) in [4.78, 5) is 0. The van der Waals surface area contributed by atoms with E-state index in [2.05, 4.69) is 73.6 Å². The van der Waals surface area contributed by atoms with Crippen LogP contribution in [0, 0.1) is 5.92 Å². The number of para-hydroxylation sites is 1. The fourth-order valence-corrected chi connectivity index (χ4v) is 5.56. The molecule has 1 fully saturated rings. The highest BCUT2D eigenvalue weighted by molar-refractivity contribution is 9.11. The van der Waals surface area contributed by atoms with E-state index >= 15 is 0 Å².